The van der Waals surface area contributed by atoms with Crippen molar-refractivity contribution >= 4 is 39.2 Å². The molecule has 0 spiro atoms. The van der Waals surface area contributed by atoms with E-state index in [0.29, 0.717) is 6.42 Å². The zero-order chi connectivity index (χ0) is 17.6. The highest BCUT2D eigenvalue weighted by Gasteiger charge is 2.19. The predicted octanol–water partition coefficient (Wildman–Crippen LogP) is 6.14. The molecule has 0 fully saturated rings. The van der Waals surface area contributed by atoms with Crippen molar-refractivity contribution in [3.63, 3.8) is 0 Å². The number of anilines is 1. The Bertz CT molecular complexity index is 867. The number of ketones is 1. The van der Waals surface area contributed by atoms with Gasteiger partial charge in [-0.1, -0.05) is 70.5 Å². The lowest BCUT2D eigenvalue weighted by Crippen LogP contribution is -2.06. The van der Waals surface area contributed by atoms with E-state index in [2.05, 4.69) is 28.1 Å². The van der Waals surface area contributed by atoms with Crippen LogP contribution >= 0.6 is 27.7 Å². The van der Waals surface area contributed by atoms with E-state index in [-0.39, 0.29) is 11.0 Å². The molecular weight excluding hydrogens is 394 g/mol. The molecule has 126 valence electrons. The van der Waals surface area contributed by atoms with Crippen molar-refractivity contribution in [1.82, 2.24) is 0 Å². The Kier molecular flexibility index (Phi) is 5.95. The van der Waals surface area contributed by atoms with Gasteiger partial charge in [-0.25, -0.2) is 0 Å². The largest absolute Gasteiger partial charge is 0.398 e. The van der Waals surface area contributed by atoms with Crippen LogP contribution in [0.1, 0.15) is 27.6 Å². The van der Waals surface area contributed by atoms with E-state index in [9.17, 15) is 4.79 Å². The summed E-state index contributed by atoms with van der Waals surface area (Å²) >= 11 is 5.16. The summed E-state index contributed by atoms with van der Waals surface area (Å²) in [6, 6.07) is 25.3. The van der Waals surface area contributed by atoms with E-state index in [0.717, 1.165) is 26.2 Å². The van der Waals surface area contributed by atoms with Gasteiger partial charge in [0.25, 0.3) is 0 Å². The standard InChI is InChI=1S/C21H18BrNOS/c22-17-10-6-9-16(13-17)21(25-20-12-5-4-11-18(20)23)14-19(24)15-7-2-1-3-8-15/h1-13,21H,14,23H2/t21-/m0/s1. The summed E-state index contributed by atoms with van der Waals surface area (Å²) in [7, 11) is 0. The van der Waals surface area contributed by atoms with Crippen LogP contribution in [0.25, 0.3) is 0 Å². The number of rotatable bonds is 6. The number of thioether (sulfide) groups is 1. The van der Waals surface area contributed by atoms with Gasteiger partial charge in [-0.05, 0) is 29.8 Å². The Labute approximate surface area is 160 Å². The molecule has 0 bridgehead atoms. The highest BCUT2D eigenvalue weighted by molar-refractivity contribution is 9.10. The van der Waals surface area contributed by atoms with Crippen molar-refractivity contribution in [1.29, 1.82) is 0 Å². The number of para-hydroxylation sites is 1. The average Bonchev–Trinajstić information content (AvgIpc) is 2.63. The van der Waals surface area contributed by atoms with Crippen LogP contribution in [0.5, 0.6) is 0 Å². The van der Waals surface area contributed by atoms with Crippen molar-refractivity contribution in [2.75, 3.05) is 5.73 Å². The molecule has 3 aromatic carbocycles. The van der Waals surface area contributed by atoms with E-state index in [1.165, 1.54) is 0 Å². The Balaban J connectivity index is 1.89. The minimum Gasteiger partial charge on any atom is -0.398 e. The topological polar surface area (TPSA) is 43.1 Å². The van der Waals surface area contributed by atoms with Crippen LogP contribution in [0.15, 0.2) is 88.2 Å². The summed E-state index contributed by atoms with van der Waals surface area (Å²) in [5.74, 6) is 0.132. The molecule has 3 rings (SSSR count). The molecule has 0 saturated carbocycles. The summed E-state index contributed by atoms with van der Waals surface area (Å²) in [5.41, 5.74) is 8.68. The molecule has 0 unspecified atom stereocenters. The molecule has 4 heteroatoms. The Morgan fingerprint density at radius 3 is 2.40 bits per heavy atom. The van der Waals surface area contributed by atoms with Crippen molar-refractivity contribution < 1.29 is 4.79 Å². The minimum atomic E-state index is -0.00472. The van der Waals surface area contributed by atoms with Gasteiger partial charge < -0.3 is 5.73 Å². The molecule has 2 nitrogen and oxygen atoms in total. The van der Waals surface area contributed by atoms with Crippen LogP contribution in [0.4, 0.5) is 5.69 Å². The van der Waals surface area contributed by atoms with Crippen molar-refractivity contribution in [3.05, 3.63) is 94.5 Å². The van der Waals surface area contributed by atoms with Gasteiger partial charge in [0.15, 0.2) is 5.78 Å². The molecule has 0 heterocycles. The van der Waals surface area contributed by atoms with Gasteiger partial charge in [0.1, 0.15) is 0 Å². The van der Waals surface area contributed by atoms with Crippen LogP contribution in [0, 0.1) is 0 Å². The maximum absolute atomic E-state index is 12.7. The predicted molar refractivity (Wildman–Crippen MR) is 109 cm³/mol. The molecule has 3 aromatic rings. The molecule has 0 aliphatic heterocycles. The minimum absolute atomic E-state index is 0.00472. The normalized spacial score (nSPS) is 11.9. The number of nitrogens with two attached hydrogens (primary N) is 1. The first-order valence-electron chi connectivity index (χ1n) is 7.98. The van der Waals surface area contributed by atoms with Crippen molar-refractivity contribution in [2.24, 2.45) is 0 Å². The van der Waals surface area contributed by atoms with Crippen LogP contribution in [-0.2, 0) is 0 Å². The fraction of sp³-hybridized carbons (Fsp3) is 0.0952. The monoisotopic (exact) mass is 411 g/mol. The zero-order valence-electron chi connectivity index (χ0n) is 13.6. The van der Waals surface area contributed by atoms with Crippen LogP contribution in [0.2, 0.25) is 0 Å². The molecular formula is C21H18BrNOS. The van der Waals surface area contributed by atoms with Gasteiger partial charge in [0, 0.05) is 32.3 Å². The number of nitrogen functional groups attached to an aromatic ring is 1. The van der Waals surface area contributed by atoms with Gasteiger partial charge in [0.05, 0.1) is 0 Å². The summed E-state index contributed by atoms with van der Waals surface area (Å²) in [5, 5.41) is -0.00472. The van der Waals surface area contributed by atoms with E-state index >= 15 is 0 Å². The van der Waals surface area contributed by atoms with Gasteiger partial charge in [-0.3, -0.25) is 4.79 Å². The Morgan fingerprint density at radius 1 is 0.960 bits per heavy atom. The molecule has 0 aliphatic carbocycles. The Morgan fingerprint density at radius 2 is 1.68 bits per heavy atom. The van der Waals surface area contributed by atoms with Crippen molar-refractivity contribution in [3.8, 4) is 0 Å². The maximum Gasteiger partial charge on any atom is 0.164 e. The van der Waals surface area contributed by atoms with Gasteiger partial charge in [-0.15, -0.1) is 11.8 Å². The molecule has 1 atom stereocenters. The first kappa shape index (κ1) is 17.8. The van der Waals surface area contributed by atoms with Gasteiger partial charge in [-0.2, -0.15) is 0 Å². The molecule has 0 saturated heterocycles. The fourth-order valence-electron chi connectivity index (χ4n) is 2.59. The number of carbonyl (C=O) groups is 1. The number of Topliss-reactive ketones (excluding diaryl/α,β-unsaturated/α-hetero) is 1. The Hall–Kier alpha value is -2.04. The second-order valence-electron chi connectivity index (χ2n) is 5.69. The second-order valence-corrected chi connectivity index (χ2v) is 7.85. The van der Waals surface area contributed by atoms with Gasteiger partial charge in [0.2, 0.25) is 0 Å². The third-order valence-corrected chi connectivity index (χ3v) is 5.72. The van der Waals surface area contributed by atoms with Crippen LogP contribution < -0.4 is 5.73 Å². The molecule has 0 radical (unpaired) electrons. The van der Waals surface area contributed by atoms with E-state index < -0.39 is 0 Å². The number of hydrogen-bond acceptors (Lipinski definition) is 3. The number of benzene rings is 3. The van der Waals surface area contributed by atoms with Crippen molar-refractivity contribution in [2.45, 2.75) is 16.6 Å². The first-order valence-corrected chi connectivity index (χ1v) is 9.65. The maximum atomic E-state index is 12.7. The second kappa shape index (κ2) is 8.37. The third kappa shape index (κ3) is 4.74. The summed E-state index contributed by atoms with van der Waals surface area (Å²) in [6.45, 7) is 0. The molecule has 25 heavy (non-hydrogen) atoms. The number of hydrogen-bond donors (Lipinski definition) is 1. The van der Waals surface area contributed by atoms with E-state index in [4.69, 9.17) is 5.73 Å². The van der Waals surface area contributed by atoms with E-state index in [1.54, 1.807) is 11.8 Å². The first-order chi connectivity index (χ1) is 12.1. The highest BCUT2D eigenvalue weighted by atomic mass is 79.9. The summed E-state index contributed by atoms with van der Waals surface area (Å²) in [6.07, 6.45) is 0.416. The fourth-order valence-corrected chi connectivity index (χ4v) is 4.19. The third-order valence-electron chi connectivity index (χ3n) is 3.88. The van der Waals surface area contributed by atoms with Crippen LogP contribution in [-0.4, -0.2) is 5.78 Å². The summed E-state index contributed by atoms with van der Waals surface area (Å²) < 4.78 is 1.00. The summed E-state index contributed by atoms with van der Waals surface area (Å²) in [4.78, 5) is 13.7. The lowest BCUT2D eigenvalue weighted by molar-refractivity contribution is 0.0982. The van der Waals surface area contributed by atoms with Crippen LogP contribution in [0.3, 0.4) is 0 Å². The zero-order valence-corrected chi connectivity index (χ0v) is 16.0. The number of carbonyl (C=O) groups excluding carboxylic acids is 1. The average molecular weight is 412 g/mol. The number of halogens is 1. The molecule has 0 aromatic heterocycles. The van der Waals surface area contributed by atoms with E-state index in [1.807, 2.05) is 66.7 Å². The van der Waals surface area contributed by atoms with Gasteiger partial charge >= 0.3 is 0 Å². The lowest BCUT2D eigenvalue weighted by Gasteiger charge is -2.18. The lowest BCUT2D eigenvalue weighted by atomic mass is 10.0. The SMILES string of the molecule is Nc1ccccc1S[C@@H](CC(=O)c1ccccc1)c1cccc(Br)c1. The molecule has 0 aliphatic rings. The highest BCUT2D eigenvalue weighted by Crippen LogP contribution is 2.41. The molecule has 2 N–H and O–H groups in total. The quantitative estimate of drug-likeness (QED) is 0.301. The smallest absolute Gasteiger partial charge is 0.164 e. The molecule has 0 amide bonds.